The number of hydrogen-bond donors (Lipinski definition) is 1. The van der Waals surface area contributed by atoms with Crippen molar-refractivity contribution < 1.29 is 23.4 Å². The lowest BCUT2D eigenvalue weighted by Gasteiger charge is -2.11. The lowest BCUT2D eigenvalue weighted by Crippen LogP contribution is -1.99. The molecule has 0 heterocycles. The predicted octanol–water partition coefficient (Wildman–Crippen LogP) is 3.34. The normalized spacial score (nSPS) is 10.3. The molecule has 0 aliphatic rings. The van der Waals surface area contributed by atoms with Gasteiger partial charge in [-0.05, 0) is 30.3 Å². The van der Waals surface area contributed by atoms with Crippen molar-refractivity contribution in [2.45, 2.75) is 0 Å². The van der Waals surface area contributed by atoms with Crippen molar-refractivity contribution in [3.63, 3.8) is 0 Å². The summed E-state index contributed by atoms with van der Waals surface area (Å²) in [5.41, 5.74) is -0.307. The van der Waals surface area contributed by atoms with Gasteiger partial charge >= 0.3 is 5.97 Å². The van der Waals surface area contributed by atoms with Crippen LogP contribution in [0.1, 0.15) is 10.4 Å². The third-order valence-corrected chi connectivity index (χ3v) is 2.68. The van der Waals surface area contributed by atoms with Gasteiger partial charge in [-0.15, -0.1) is 0 Å². The SMILES string of the molecule is COc1ccc(C(=O)O)cc1-c1c(F)cccc1F. The fourth-order valence-corrected chi connectivity index (χ4v) is 1.79. The topological polar surface area (TPSA) is 46.5 Å². The van der Waals surface area contributed by atoms with Gasteiger partial charge in [-0.2, -0.15) is 0 Å². The Morgan fingerprint density at radius 1 is 1.16 bits per heavy atom. The molecule has 98 valence electrons. The van der Waals surface area contributed by atoms with Gasteiger partial charge in [0.25, 0.3) is 0 Å². The zero-order valence-corrected chi connectivity index (χ0v) is 9.98. The van der Waals surface area contributed by atoms with E-state index in [0.717, 1.165) is 12.1 Å². The van der Waals surface area contributed by atoms with E-state index in [0.29, 0.717) is 0 Å². The van der Waals surface area contributed by atoms with E-state index in [9.17, 15) is 13.6 Å². The summed E-state index contributed by atoms with van der Waals surface area (Å²) >= 11 is 0. The first-order chi connectivity index (χ1) is 9.04. The number of carbonyl (C=O) groups is 1. The number of aromatic carboxylic acids is 1. The van der Waals surface area contributed by atoms with Crippen LogP contribution in [-0.4, -0.2) is 18.2 Å². The van der Waals surface area contributed by atoms with Crippen LogP contribution in [-0.2, 0) is 0 Å². The summed E-state index contributed by atoms with van der Waals surface area (Å²) in [5, 5.41) is 8.93. The molecule has 0 spiro atoms. The average Bonchev–Trinajstić information content (AvgIpc) is 2.38. The summed E-state index contributed by atoms with van der Waals surface area (Å²) < 4.78 is 32.5. The molecule has 0 radical (unpaired) electrons. The van der Waals surface area contributed by atoms with E-state index in [1.54, 1.807) is 0 Å². The van der Waals surface area contributed by atoms with Gasteiger partial charge in [0.05, 0.1) is 18.2 Å². The summed E-state index contributed by atoms with van der Waals surface area (Å²) in [4.78, 5) is 10.9. The minimum absolute atomic E-state index is 0.0676. The Balaban J connectivity index is 2.72. The first kappa shape index (κ1) is 13.0. The van der Waals surface area contributed by atoms with Crippen LogP contribution in [0.4, 0.5) is 8.78 Å². The number of halogens is 2. The van der Waals surface area contributed by atoms with Gasteiger partial charge in [-0.3, -0.25) is 0 Å². The largest absolute Gasteiger partial charge is 0.496 e. The Labute approximate surface area is 108 Å². The van der Waals surface area contributed by atoms with E-state index in [1.807, 2.05) is 0 Å². The number of rotatable bonds is 3. The van der Waals surface area contributed by atoms with E-state index < -0.39 is 17.6 Å². The number of hydrogen-bond acceptors (Lipinski definition) is 2. The zero-order chi connectivity index (χ0) is 14.0. The molecule has 0 amide bonds. The summed E-state index contributed by atoms with van der Waals surface area (Å²) in [7, 11) is 1.35. The van der Waals surface area contributed by atoms with Crippen LogP contribution in [0.2, 0.25) is 0 Å². The molecule has 2 aromatic rings. The Morgan fingerprint density at radius 2 is 1.79 bits per heavy atom. The van der Waals surface area contributed by atoms with Crippen molar-refractivity contribution in [1.29, 1.82) is 0 Å². The molecule has 0 atom stereocenters. The molecule has 0 bridgehead atoms. The highest BCUT2D eigenvalue weighted by atomic mass is 19.1. The molecule has 0 unspecified atom stereocenters. The monoisotopic (exact) mass is 264 g/mol. The number of ether oxygens (including phenoxy) is 1. The summed E-state index contributed by atoms with van der Waals surface area (Å²) in [6.45, 7) is 0. The lowest BCUT2D eigenvalue weighted by atomic mass is 10.0. The van der Waals surface area contributed by atoms with Gasteiger partial charge in [0.1, 0.15) is 17.4 Å². The van der Waals surface area contributed by atoms with Gasteiger partial charge in [-0.1, -0.05) is 6.07 Å². The third kappa shape index (κ3) is 2.40. The van der Waals surface area contributed by atoms with Gasteiger partial charge in [0.2, 0.25) is 0 Å². The Bertz CT molecular complexity index is 618. The molecule has 2 aromatic carbocycles. The Morgan fingerprint density at radius 3 is 2.32 bits per heavy atom. The number of carboxylic acid groups (broad SMARTS) is 1. The Hall–Kier alpha value is -2.43. The van der Waals surface area contributed by atoms with Gasteiger partial charge in [0.15, 0.2) is 0 Å². The smallest absolute Gasteiger partial charge is 0.335 e. The standard InChI is InChI=1S/C14H10F2O3/c1-19-12-6-5-8(14(17)18)7-9(12)13-10(15)3-2-4-11(13)16/h2-7H,1H3,(H,17,18). The molecule has 3 nitrogen and oxygen atoms in total. The van der Waals surface area contributed by atoms with Crippen LogP contribution >= 0.6 is 0 Å². The van der Waals surface area contributed by atoms with E-state index in [2.05, 4.69) is 0 Å². The number of carboxylic acids is 1. The number of benzene rings is 2. The van der Waals surface area contributed by atoms with Crippen LogP contribution < -0.4 is 4.74 Å². The minimum Gasteiger partial charge on any atom is -0.496 e. The Kier molecular flexibility index (Phi) is 3.46. The molecule has 0 fully saturated rings. The molecule has 1 N–H and O–H groups in total. The zero-order valence-electron chi connectivity index (χ0n) is 9.98. The van der Waals surface area contributed by atoms with E-state index in [1.165, 1.54) is 31.4 Å². The summed E-state index contributed by atoms with van der Waals surface area (Å²) in [6.07, 6.45) is 0. The fraction of sp³-hybridized carbons (Fsp3) is 0.0714. The highest BCUT2D eigenvalue weighted by molar-refractivity contribution is 5.90. The first-order valence-electron chi connectivity index (χ1n) is 5.40. The average molecular weight is 264 g/mol. The summed E-state index contributed by atoms with van der Waals surface area (Å²) in [5.74, 6) is -2.53. The van der Waals surface area contributed by atoms with E-state index in [4.69, 9.17) is 9.84 Å². The van der Waals surface area contributed by atoms with Gasteiger partial charge < -0.3 is 9.84 Å². The highest BCUT2D eigenvalue weighted by Gasteiger charge is 2.17. The molecule has 5 heteroatoms. The van der Waals surface area contributed by atoms with Crippen molar-refractivity contribution in [2.75, 3.05) is 7.11 Å². The molecular formula is C14H10F2O3. The maximum atomic E-state index is 13.7. The molecule has 0 aliphatic heterocycles. The first-order valence-corrected chi connectivity index (χ1v) is 5.40. The van der Waals surface area contributed by atoms with Crippen molar-refractivity contribution in [2.24, 2.45) is 0 Å². The van der Waals surface area contributed by atoms with Crippen molar-refractivity contribution in [3.05, 3.63) is 53.6 Å². The maximum Gasteiger partial charge on any atom is 0.335 e. The van der Waals surface area contributed by atoms with Crippen molar-refractivity contribution >= 4 is 5.97 Å². The molecule has 2 rings (SSSR count). The molecule has 0 aliphatic carbocycles. The van der Waals surface area contributed by atoms with Gasteiger partial charge in [-0.25, -0.2) is 13.6 Å². The molecular weight excluding hydrogens is 254 g/mol. The second kappa shape index (κ2) is 5.06. The van der Waals surface area contributed by atoms with Crippen LogP contribution in [0.3, 0.4) is 0 Å². The third-order valence-electron chi connectivity index (χ3n) is 2.68. The van der Waals surface area contributed by atoms with E-state index in [-0.39, 0.29) is 22.4 Å². The fourth-order valence-electron chi connectivity index (χ4n) is 1.79. The number of methoxy groups -OCH3 is 1. The van der Waals surface area contributed by atoms with E-state index >= 15 is 0 Å². The molecule has 19 heavy (non-hydrogen) atoms. The second-order valence-corrected chi connectivity index (χ2v) is 3.82. The van der Waals surface area contributed by atoms with Gasteiger partial charge in [0, 0.05) is 5.56 Å². The van der Waals surface area contributed by atoms with Crippen molar-refractivity contribution in [3.8, 4) is 16.9 Å². The van der Waals surface area contributed by atoms with Crippen LogP contribution in [0.25, 0.3) is 11.1 Å². The molecule has 0 saturated carbocycles. The highest BCUT2D eigenvalue weighted by Crippen LogP contribution is 2.34. The summed E-state index contributed by atoms with van der Waals surface area (Å²) in [6, 6.07) is 7.30. The maximum absolute atomic E-state index is 13.7. The lowest BCUT2D eigenvalue weighted by molar-refractivity contribution is 0.0697. The molecule has 0 saturated heterocycles. The minimum atomic E-state index is -1.18. The second-order valence-electron chi connectivity index (χ2n) is 3.82. The quantitative estimate of drug-likeness (QED) is 0.924. The van der Waals surface area contributed by atoms with Crippen LogP contribution in [0.5, 0.6) is 5.75 Å². The molecule has 0 aromatic heterocycles. The van der Waals surface area contributed by atoms with Crippen LogP contribution in [0.15, 0.2) is 36.4 Å². The van der Waals surface area contributed by atoms with Crippen molar-refractivity contribution in [1.82, 2.24) is 0 Å². The predicted molar refractivity (Wildman–Crippen MR) is 65.3 cm³/mol. The van der Waals surface area contributed by atoms with Crippen LogP contribution in [0, 0.1) is 11.6 Å².